The smallest absolute Gasteiger partial charge is 0.253 e. The van der Waals surface area contributed by atoms with Gasteiger partial charge in [-0.3, -0.25) is 4.79 Å². The summed E-state index contributed by atoms with van der Waals surface area (Å²) >= 11 is 0. The zero-order valence-corrected chi connectivity index (χ0v) is 15.0. The molecule has 4 heteroatoms. The quantitative estimate of drug-likeness (QED) is 0.751. The molecule has 0 bridgehead atoms. The van der Waals surface area contributed by atoms with E-state index in [9.17, 15) is 4.79 Å². The number of nitrogens with zero attached hydrogens (tertiary/aromatic N) is 2. The molecule has 2 fully saturated rings. The SMILES string of the molecule is CN(C)C(=O)c1ccc(OCCCN2CC3CCCCC3C2)cc1. The van der Waals surface area contributed by atoms with Gasteiger partial charge in [-0.1, -0.05) is 12.8 Å². The Kier molecular flexibility index (Phi) is 5.77. The number of ether oxygens (including phenoxy) is 1. The minimum Gasteiger partial charge on any atom is -0.494 e. The van der Waals surface area contributed by atoms with Gasteiger partial charge in [0, 0.05) is 39.3 Å². The van der Waals surface area contributed by atoms with Gasteiger partial charge in [0.15, 0.2) is 0 Å². The highest BCUT2D eigenvalue weighted by Crippen LogP contribution is 2.35. The monoisotopic (exact) mass is 330 g/mol. The second kappa shape index (κ2) is 8.02. The Labute approximate surface area is 145 Å². The van der Waals surface area contributed by atoms with Crippen LogP contribution in [0.15, 0.2) is 24.3 Å². The second-order valence-electron chi connectivity index (χ2n) is 7.49. The third-order valence-electron chi connectivity index (χ3n) is 5.45. The Bertz CT molecular complexity index is 527. The lowest BCUT2D eigenvalue weighted by molar-refractivity contribution is 0.0827. The molecule has 1 saturated heterocycles. The van der Waals surface area contributed by atoms with Crippen molar-refractivity contribution in [3.63, 3.8) is 0 Å². The summed E-state index contributed by atoms with van der Waals surface area (Å²) in [4.78, 5) is 16.1. The molecule has 0 radical (unpaired) electrons. The molecule has 2 unspecified atom stereocenters. The second-order valence-corrected chi connectivity index (χ2v) is 7.49. The van der Waals surface area contributed by atoms with Crippen LogP contribution in [0.25, 0.3) is 0 Å². The van der Waals surface area contributed by atoms with Crippen LogP contribution < -0.4 is 4.74 Å². The fourth-order valence-electron chi connectivity index (χ4n) is 4.12. The standard InChI is InChI=1S/C20H30N2O2/c1-21(2)20(23)16-8-10-19(11-9-16)24-13-5-12-22-14-17-6-3-4-7-18(17)15-22/h8-11,17-18H,3-7,12-15H2,1-2H3. The van der Waals surface area contributed by atoms with Gasteiger partial charge in [0.05, 0.1) is 6.61 Å². The highest BCUT2D eigenvalue weighted by atomic mass is 16.5. The van der Waals surface area contributed by atoms with Gasteiger partial charge < -0.3 is 14.5 Å². The van der Waals surface area contributed by atoms with E-state index in [1.165, 1.54) is 38.8 Å². The molecule has 1 heterocycles. The largest absolute Gasteiger partial charge is 0.494 e. The fourth-order valence-corrected chi connectivity index (χ4v) is 4.12. The van der Waals surface area contributed by atoms with Crippen molar-refractivity contribution in [1.29, 1.82) is 0 Å². The molecular weight excluding hydrogens is 300 g/mol. The third kappa shape index (κ3) is 4.29. The summed E-state index contributed by atoms with van der Waals surface area (Å²) < 4.78 is 5.83. The van der Waals surface area contributed by atoms with Gasteiger partial charge in [-0.2, -0.15) is 0 Å². The van der Waals surface area contributed by atoms with Crippen LogP contribution in [0.3, 0.4) is 0 Å². The highest BCUT2D eigenvalue weighted by molar-refractivity contribution is 5.93. The van der Waals surface area contributed by atoms with Crippen molar-refractivity contribution >= 4 is 5.91 Å². The first-order valence-corrected chi connectivity index (χ1v) is 9.30. The maximum absolute atomic E-state index is 11.8. The number of hydrogen-bond donors (Lipinski definition) is 0. The number of likely N-dealkylation sites (tertiary alicyclic amines) is 1. The minimum absolute atomic E-state index is 0.0250. The summed E-state index contributed by atoms with van der Waals surface area (Å²) in [5.41, 5.74) is 0.701. The summed E-state index contributed by atoms with van der Waals surface area (Å²) in [7, 11) is 3.53. The van der Waals surface area contributed by atoms with E-state index in [1.54, 1.807) is 19.0 Å². The number of hydrogen-bond acceptors (Lipinski definition) is 3. The zero-order chi connectivity index (χ0) is 16.9. The number of carbonyl (C=O) groups is 1. The Morgan fingerprint density at radius 2 is 1.75 bits per heavy atom. The molecular formula is C20H30N2O2. The lowest BCUT2D eigenvalue weighted by Crippen LogP contribution is -2.23. The van der Waals surface area contributed by atoms with Gasteiger partial charge in [0.25, 0.3) is 5.91 Å². The predicted octanol–water partition coefficient (Wildman–Crippen LogP) is 3.28. The van der Waals surface area contributed by atoms with E-state index in [-0.39, 0.29) is 5.91 Å². The molecule has 1 amide bonds. The Morgan fingerprint density at radius 3 is 2.33 bits per heavy atom. The van der Waals surface area contributed by atoms with Crippen molar-refractivity contribution < 1.29 is 9.53 Å². The predicted molar refractivity (Wildman–Crippen MR) is 96.5 cm³/mol. The van der Waals surface area contributed by atoms with E-state index in [2.05, 4.69) is 4.90 Å². The minimum atomic E-state index is 0.0250. The number of amides is 1. The van der Waals surface area contributed by atoms with Crippen molar-refractivity contribution in [3.05, 3.63) is 29.8 Å². The first-order chi connectivity index (χ1) is 11.6. The lowest BCUT2D eigenvalue weighted by atomic mass is 9.82. The van der Waals surface area contributed by atoms with Gasteiger partial charge in [0.2, 0.25) is 0 Å². The summed E-state index contributed by atoms with van der Waals surface area (Å²) in [6.45, 7) is 4.48. The Hall–Kier alpha value is -1.55. The molecule has 3 rings (SSSR count). The normalized spacial score (nSPS) is 23.8. The van der Waals surface area contributed by atoms with Crippen LogP contribution in [-0.4, -0.2) is 56.0 Å². The van der Waals surface area contributed by atoms with Crippen LogP contribution in [0.5, 0.6) is 5.75 Å². The van der Waals surface area contributed by atoms with Gasteiger partial charge in [0.1, 0.15) is 5.75 Å². The molecule has 24 heavy (non-hydrogen) atoms. The van der Waals surface area contributed by atoms with E-state index >= 15 is 0 Å². The van der Waals surface area contributed by atoms with Crippen LogP contribution >= 0.6 is 0 Å². The molecule has 1 saturated carbocycles. The maximum Gasteiger partial charge on any atom is 0.253 e. The Morgan fingerprint density at radius 1 is 1.12 bits per heavy atom. The van der Waals surface area contributed by atoms with Crippen molar-refractivity contribution in [3.8, 4) is 5.75 Å². The molecule has 0 aromatic heterocycles. The summed E-state index contributed by atoms with van der Waals surface area (Å²) in [5.74, 6) is 2.79. The topological polar surface area (TPSA) is 32.8 Å². The van der Waals surface area contributed by atoms with Crippen molar-refractivity contribution in [2.75, 3.05) is 40.3 Å². The van der Waals surface area contributed by atoms with Crippen LogP contribution in [0, 0.1) is 11.8 Å². The lowest BCUT2D eigenvalue weighted by Gasteiger charge is -2.23. The van der Waals surface area contributed by atoms with E-state index in [0.717, 1.165) is 37.2 Å². The third-order valence-corrected chi connectivity index (χ3v) is 5.45. The molecule has 0 N–H and O–H groups in total. The zero-order valence-electron chi connectivity index (χ0n) is 15.0. The van der Waals surface area contributed by atoms with E-state index in [4.69, 9.17) is 4.74 Å². The molecule has 1 aliphatic carbocycles. The van der Waals surface area contributed by atoms with Crippen LogP contribution in [0.4, 0.5) is 0 Å². The van der Waals surface area contributed by atoms with Crippen LogP contribution in [0.2, 0.25) is 0 Å². The number of benzene rings is 1. The molecule has 1 aliphatic heterocycles. The molecule has 2 aliphatic rings. The summed E-state index contributed by atoms with van der Waals surface area (Å²) in [6, 6.07) is 7.45. The molecule has 1 aromatic carbocycles. The first-order valence-electron chi connectivity index (χ1n) is 9.30. The van der Waals surface area contributed by atoms with Crippen molar-refractivity contribution in [1.82, 2.24) is 9.80 Å². The average molecular weight is 330 g/mol. The molecule has 2 atom stereocenters. The number of rotatable bonds is 6. The van der Waals surface area contributed by atoms with Gasteiger partial charge in [-0.05, 0) is 55.4 Å². The first kappa shape index (κ1) is 17.3. The van der Waals surface area contributed by atoms with Crippen molar-refractivity contribution in [2.45, 2.75) is 32.1 Å². The fraction of sp³-hybridized carbons (Fsp3) is 0.650. The van der Waals surface area contributed by atoms with Gasteiger partial charge in [-0.25, -0.2) is 0 Å². The van der Waals surface area contributed by atoms with Crippen LogP contribution in [0.1, 0.15) is 42.5 Å². The Balaban J connectivity index is 1.37. The molecule has 1 aromatic rings. The van der Waals surface area contributed by atoms with Gasteiger partial charge in [-0.15, -0.1) is 0 Å². The average Bonchev–Trinajstić information content (AvgIpc) is 3.01. The number of carbonyl (C=O) groups excluding carboxylic acids is 1. The van der Waals surface area contributed by atoms with Crippen molar-refractivity contribution in [2.24, 2.45) is 11.8 Å². The van der Waals surface area contributed by atoms with Gasteiger partial charge >= 0.3 is 0 Å². The number of fused-ring (bicyclic) bond motifs is 1. The molecule has 132 valence electrons. The maximum atomic E-state index is 11.8. The molecule has 4 nitrogen and oxygen atoms in total. The molecule has 0 spiro atoms. The van der Waals surface area contributed by atoms with E-state index in [1.807, 2.05) is 24.3 Å². The highest BCUT2D eigenvalue weighted by Gasteiger charge is 2.33. The summed E-state index contributed by atoms with van der Waals surface area (Å²) in [5, 5.41) is 0. The van der Waals surface area contributed by atoms with E-state index in [0.29, 0.717) is 5.56 Å². The van der Waals surface area contributed by atoms with Crippen LogP contribution in [-0.2, 0) is 0 Å². The summed E-state index contributed by atoms with van der Waals surface area (Å²) in [6.07, 6.45) is 6.82. The van der Waals surface area contributed by atoms with E-state index < -0.39 is 0 Å².